The summed E-state index contributed by atoms with van der Waals surface area (Å²) < 4.78 is 0. The molecule has 4 amide bonds. The van der Waals surface area contributed by atoms with Crippen LogP contribution in [0.3, 0.4) is 0 Å². The van der Waals surface area contributed by atoms with Crippen LogP contribution in [0.15, 0.2) is 0 Å². The van der Waals surface area contributed by atoms with E-state index >= 15 is 0 Å². The van der Waals surface area contributed by atoms with Gasteiger partial charge in [-0.2, -0.15) is 0 Å². The highest BCUT2D eigenvalue weighted by molar-refractivity contribution is 6.04. The van der Waals surface area contributed by atoms with Crippen LogP contribution in [-0.2, 0) is 19.2 Å². The van der Waals surface area contributed by atoms with E-state index in [1.54, 1.807) is 0 Å². The van der Waals surface area contributed by atoms with Crippen molar-refractivity contribution in [2.75, 3.05) is 52.4 Å². The van der Waals surface area contributed by atoms with Crippen LogP contribution in [0.4, 0.5) is 0 Å². The van der Waals surface area contributed by atoms with Crippen LogP contribution in [0.25, 0.3) is 0 Å². The number of carbonyl (C=O) groups excluding carboxylic acids is 4. The molecule has 3 heterocycles. The summed E-state index contributed by atoms with van der Waals surface area (Å²) in [5.41, 5.74) is -1.89. The lowest BCUT2D eigenvalue weighted by atomic mass is 9.62. The van der Waals surface area contributed by atoms with Gasteiger partial charge in [-0.15, -0.1) is 0 Å². The second kappa shape index (κ2) is 9.85. The van der Waals surface area contributed by atoms with E-state index in [9.17, 15) is 29.4 Å². The molecule has 40 heavy (non-hydrogen) atoms. The fourth-order valence-corrected chi connectivity index (χ4v) is 8.44. The molecule has 3 saturated heterocycles. The van der Waals surface area contributed by atoms with Gasteiger partial charge in [0.1, 0.15) is 0 Å². The zero-order chi connectivity index (χ0) is 29.4. The number of aliphatic hydroxyl groups excluding tert-OH is 2. The standard InChI is InChI=1S/C30H48N4O6/c1-27(2)21-7-9-29(27,5)25(39)33(23(21)37)17-19(35)15-31-11-13-32(14-12-31)16-20(36)18-34-24(38)22-8-10-30(6,26(34)40)28(22,3)4/h19-22,35-36H,7-18H2,1-6H3/t19-,20-,21-,22+,29+,30-/m1/s1. The Hall–Kier alpha value is -1.88. The molecule has 5 aliphatic rings. The first-order chi connectivity index (χ1) is 18.5. The fraction of sp³-hybridized carbons (Fsp3) is 0.867. The van der Waals surface area contributed by atoms with Gasteiger partial charge in [-0.05, 0) is 36.5 Å². The highest BCUT2D eigenvalue weighted by Crippen LogP contribution is 2.61. The van der Waals surface area contributed by atoms with Crippen molar-refractivity contribution in [3.8, 4) is 0 Å². The number of rotatable bonds is 8. The first-order valence-corrected chi connectivity index (χ1v) is 15.1. The lowest BCUT2D eigenvalue weighted by Crippen LogP contribution is -2.61. The van der Waals surface area contributed by atoms with Gasteiger partial charge in [-0.3, -0.25) is 38.8 Å². The molecule has 0 spiro atoms. The maximum absolute atomic E-state index is 13.3. The zero-order valence-corrected chi connectivity index (χ0v) is 25.1. The summed E-state index contributed by atoms with van der Waals surface area (Å²) in [4.78, 5) is 59.6. The van der Waals surface area contributed by atoms with E-state index in [1.807, 2.05) is 41.5 Å². The number of hydrogen-bond donors (Lipinski definition) is 2. The number of carbonyl (C=O) groups is 4. The van der Waals surface area contributed by atoms with Gasteiger partial charge in [0, 0.05) is 51.1 Å². The minimum Gasteiger partial charge on any atom is -0.390 e. The third-order valence-electron chi connectivity index (χ3n) is 12.2. The van der Waals surface area contributed by atoms with Gasteiger partial charge in [-0.1, -0.05) is 41.5 Å². The molecule has 2 N–H and O–H groups in total. The number of amides is 4. The molecule has 2 saturated carbocycles. The largest absolute Gasteiger partial charge is 0.390 e. The summed E-state index contributed by atoms with van der Waals surface area (Å²) in [6.07, 6.45) is 1.18. The number of piperidine rings is 2. The molecule has 6 atom stereocenters. The second-order valence-corrected chi connectivity index (χ2v) is 14.7. The molecule has 0 unspecified atom stereocenters. The topological polar surface area (TPSA) is 122 Å². The van der Waals surface area contributed by atoms with Crippen molar-refractivity contribution in [2.24, 2.45) is 33.5 Å². The Morgan fingerprint density at radius 3 is 1.27 bits per heavy atom. The lowest BCUT2D eigenvalue weighted by Gasteiger charge is -2.48. The normalized spacial score (nSPS) is 37.4. The summed E-state index contributed by atoms with van der Waals surface area (Å²) in [5, 5.41) is 21.7. The first kappa shape index (κ1) is 29.6. The maximum Gasteiger partial charge on any atom is 0.235 e. The predicted octanol–water partition coefficient (Wildman–Crippen LogP) is 0.948. The number of nitrogens with zero attached hydrogens (tertiary/aromatic N) is 4. The summed E-state index contributed by atoms with van der Waals surface area (Å²) in [7, 11) is 0. The van der Waals surface area contributed by atoms with Gasteiger partial charge >= 0.3 is 0 Å². The molecule has 0 radical (unpaired) electrons. The van der Waals surface area contributed by atoms with Crippen LogP contribution >= 0.6 is 0 Å². The van der Waals surface area contributed by atoms with E-state index in [0.29, 0.717) is 65.0 Å². The minimum absolute atomic E-state index is 0.0212. The Bertz CT molecular complexity index is 1000. The number of imide groups is 2. The second-order valence-electron chi connectivity index (χ2n) is 14.7. The van der Waals surface area contributed by atoms with Crippen molar-refractivity contribution in [2.45, 2.75) is 79.4 Å². The van der Waals surface area contributed by atoms with Gasteiger partial charge in [0.2, 0.25) is 23.6 Å². The van der Waals surface area contributed by atoms with Crippen molar-refractivity contribution in [1.82, 2.24) is 19.6 Å². The molecule has 0 aromatic carbocycles. The molecule has 224 valence electrons. The number of likely N-dealkylation sites (tertiary alicyclic amines) is 2. The Balaban J connectivity index is 1.09. The highest BCUT2D eigenvalue weighted by Gasteiger charge is 2.65. The van der Waals surface area contributed by atoms with Crippen molar-refractivity contribution < 1.29 is 29.4 Å². The quantitative estimate of drug-likeness (QED) is 0.421. The summed E-state index contributed by atoms with van der Waals surface area (Å²) >= 11 is 0. The van der Waals surface area contributed by atoms with Crippen molar-refractivity contribution in [3.05, 3.63) is 0 Å². The molecule has 0 aromatic heterocycles. The van der Waals surface area contributed by atoms with Crippen LogP contribution < -0.4 is 0 Å². The van der Waals surface area contributed by atoms with E-state index in [-0.39, 0.29) is 59.4 Å². The van der Waals surface area contributed by atoms with Gasteiger partial charge in [0.05, 0.1) is 36.1 Å². The molecule has 10 nitrogen and oxygen atoms in total. The molecular formula is C30H48N4O6. The van der Waals surface area contributed by atoms with Gasteiger partial charge < -0.3 is 10.2 Å². The van der Waals surface area contributed by atoms with E-state index in [1.165, 1.54) is 9.80 Å². The number of fused-ring (bicyclic) bond motifs is 4. The molecule has 4 bridgehead atoms. The smallest absolute Gasteiger partial charge is 0.235 e. The van der Waals surface area contributed by atoms with Gasteiger partial charge in [-0.25, -0.2) is 0 Å². The number of β-amino-alcohol motifs (C(OH)–C–C–N with tert-alkyl or cyclic N) is 2. The van der Waals surface area contributed by atoms with Crippen LogP contribution in [0, 0.1) is 33.5 Å². The Morgan fingerprint density at radius 2 is 0.950 bits per heavy atom. The molecule has 10 heteroatoms. The number of piperazine rings is 1. The molecular weight excluding hydrogens is 512 g/mol. The minimum atomic E-state index is -0.827. The van der Waals surface area contributed by atoms with Crippen LogP contribution in [-0.4, -0.2) is 118 Å². The molecule has 0 aromatic rings. The SMILES string of the molecule is CC1(C)[C@@H]2CC[C@@]1(C)C(=O)N(C[C@H](O)CN1CCN(C[C@@H](O)CN3C(=O)[C@@H]4CC[C@](C)(C3=O)C4(C)C)CC1)C2=O. The summed E-state index contributed by atoms with van der Waals surface area (Å²) in [6, 6.07) is 0. The number of aliphatic hydroxyl groups is 2. The first-order valence-electron chi connectivity index (χ1n) is 15.1. The molecule has 5 rings (SSSR count). The fourth-order valence-electron chi connectivity index (χ4n) is 8.44. The molecule has 3 aliphatic heterocycles. The Kier molecular flexibility index (Phi) is 7.29. The Labute approximate surface area is 238 Å². The molecule has 5 fully saturated rings. The van der Waals surface area contributed by atoms with E-state index in [2.05, 4.69) is 9.80 Å². The predicted molar refractivity (Wildman–Crippen MR) is 148 cm³/mol. The van der Waals surface area contributed by atoms with Crippen LogP contribution in [0.1, 0.15) is 67.2 Å². The van der Waals surface area contributed by atoms with E-state index in [4.69, 9.17) is 0 Å². The van der Waals surface area contributed by atoms with Gasteiger partial charge in [0.25, 0.3) is 0 Å². The summed E-state index contributed by atoms with van der Waals surface area (Å²) in [5.74, 6) is -0.997. The average Bonchev–Trinajstić information content (AvgIpc) is 3.20. The average molecular weight is 561 g/mol. The van der Waals surface area contributed by atoms with Crippen molar-refractivity contribution in [3.63, 3.8) is 0 Å². The van der Waals surface area contributed by atoms with Crippen LogP contribution in [0.5, 0.6) is 0 Å². The summed E-state index contributed by atoms with van der Waals surface area (Å²) in [6.45, 7) is 15.4. The van der Waals surface area contributed by atoms with E-state index in [0.717, 1.165) is 0 Å². The maximum atomic E-state index is 13.3. The van der Waals surface area contributed by atoms with Crippen molar-refractivity contribution >= 4 is 23.6 Å². The monoisotopic (exact) mass is 560 g/mol. The van der Waals surface area contributed by atoms with Crippen LogP contribution in [0.2, 0.25) is 0 Å². The Morgan fingerprint density at radius 1 is 0.625 bits per heavy atom. The third-order valence-corrected chi connectivity index (χ3v) is 12.2. The molecule has 2 aliphatic carbocycles. The lowest BCUT2D eigenvalue weighted by molar-refractivity contribution is -0.171. The van der Waals surface area contributed by atoms with Crippen molar-refractivity contribution in [1.29, 1.82) is 0 Å². The zero-order valence-electron chi connectivity index (χ0n) is 25.1. The van der Waals surface area contributed by atoms with Gasteiger partial charge in [0.15, 0.2) is 0 Å². The third kappa shape index (κ3) is 4.27. The highest BCUT2D eigenvalue weighted by atomic mass is 16.3. The number of hydrogen-bond acceptors (Lipinski definition) is 8. The van der Waals surface area contributed by atoms with E-state index < -0.39 is 23.0 Å².